The number of rotatable bonds is 14. The second-order valence-electron chi connectivity index (χ2n) is 12.7. The highest BCUT2D eigenvalue weighted by atomic mass is 32.2. The van der Waals surface area contributed by atoms with E-state index in [0.717, 1.165) is 64.5 Å². The van der Waals surface area contributed by atoms with E-state index in [9.17, 15) is 19.8 Å². The van der Waals surface area contributed by atoms with Crippen LogP contribution in [0.3, 0.4) is 0 Å². The molecule has 0 radical (unpaired) electrons. The fourth-order valence-electron chi connectivity index (χ4n) is 5.94. The van der Waals surface area contributed by atoms with Crippen LogP contribution in [0.25, 0.3) is 0 Å². The van der Waals surface area contributed by atoms with Gasteiger partial charge in [0.2, 0.25) is 0 Å². The molecule has 14 heteroatoms. The Labute approximate surface area is 284 Å². The molecule has 0 atom stereocenters. The van der Waals surface area contributed by atoms with Crippen LogP contribution in [-0.4, -0.2) is 67.3 Å². The summed E-state index contributed by atoms with van der Waals surface area (Å²) in [5.74, 6) is 2.00. The summed E-state index contributed by atoms with van der Waals surface area (Å²) in [5, 5.41) is 35.6. The maximum atomic E-state index is 12.7. The highest BCUT2D eigenvalue weighted by Gasteiger charge is 2.30. The molecule has 0 saturated carbocycles. The summed E-state index contributed by atoms with van der Waals surface area (Å²) in [6.45, 7) is 10.6. The Bertz CT molecular complexity index is 1410. The van der Waals surface area contributed by atoms with Crippen LogP contribution < -0.4 is 32.4 Å². The normalized spacial score (nSPS) is 14.1. The molecule has 0 spiro atoms. The van der Waals surface area contributed by atoms with Crippen LogP contribution in [0.2, 0.25) is 0 Å². The minimum Gasteiger partial charge on any atom is -0.494 e. The zero-order valence-electron chi connectivity index (χ0n) is 26.6. The monoisotopic (exact) mass is 694 g/mol. The zero-order valence-corrected chi connectivity index (χ0v) is 29.9. The summed E-state index contributed by atoms with van der Waals surface area (Å²) in [5.41, 5.74) is 0.412. The van der Waals surface area contributed by atoms with E-state index in [1.54, 1.807) is 35.7 Å². The third-order valence-corrected chi connectivity index (χ3v) is 11.1. The maximum absolute atomic E-state index is 12.7. The molecule has 0 bridgehead atoms. The maximum Gasteiger partial charge on any atom is 0.254 e. The van der Waals surface area contributed by atoms with E-state index in [-0.39, 0.29) is 22.9 Å². The summed E-state index contributed by atoms with van der Waals surface area (Å²) in [7, 11) is 0. The predicted octanol–water partition coefficient (Wildman–Crippen LogP) is 3.77. The molecule has 2 aromatic heterocycles. The van der Waals surface area contributed by atoms with Crippen molar-refractivity contribution in [3.63, 3.8) is 0 Å². The van der Waals surface area contributed by atoms with Crippen molar-refractivity contribution in [1.82, 2.24) is 30.4 Å². The molecule has 2 aromatic rings. The Balaban J connectivity index is 1.06. The van der Waals surface area contributed by atoms with Gasteiger partial charge in [0.1, 0.15) is 0 Å². The molecular weight excluding hydrogens is 649 g/mol. The fraction of sp³-hybridized carbons (Fsp3) is 0.613. The molecule has 0 saturated heterocycles. The van der Waals surface area contributed by atoms with Crippen molar-refractivity contribution < 1.29 is 10.2 Å². The molecule has 0 unspecified atom stereocenters. The van der Waals surface area contributed by atoms with Gasteiger partial charge in [-0.15, -0.1) is 23.5 Å². The summed E-state index contributed by atoms with van der Waals surface area (Å²) >= 11 is 14.1. The minimum atomic E-state index is -0.516. The number of thioether (sulfide) groups is 2. The lowest BCUT2D eigenvalue weighted by Crippen LogP contribution is -2.40. The summed E-state index contributed by atoms with van der Waals surface area (Å²) in [6, 6.07) is 3.30. The number of nitrogens with one attached hydrogen (secondary N) is 4. The van der Waals surface area contributed by atoms with E-state index in [1.165, 1.54) is 9.13 Å². The average Bonchev–Trinajstić information content (AvgIpc) is 3.63. The van der Waals surface area contributed by atoms with Crippen molar-refractivity contribution in [2.45, 2.75) is 93.5 Å². The Morgan fingerprint density at radius 1 is 0.711 bits per heavy atom. The number of nitrogens with zero attached hydrogens (tertiary/aromatic N) is 2. The Morgan fingerprint density at radius 3 is 1.44 bits per heavy atom. The molecule has 10 nitrogen and oxygen atoms in total. The Morgan fingerprint density at radius 2 is 1.07 bits per heavy atom. The van der Waals surface area contributed by atoms with Gasteiger partial charge in [0.25, 0.3) is 11.1 Å². The Hall–Kier alpha value is -2.42. The van der Waals surface area contributed by atoms with E-state index in [4.69, 9.17) is 24.4 Å². The summed E-state index contributed by atoms with van der Waals surface area (Å²) in [4.78, 5) is 27.2. The molecule has 2 aliphatic rings. The zero-order chi connectivity index (χ0) is 32.8. The average molecular weight is 695 g/mol. The van der Waals surface area contributed by atoms with Crippen LogP contribution in [0.5, 0.6) is 11.8 Å². The van der Waals surface area contributed by atoms with Crippen molar-refractivity contribution in [2.75, 3.05) is 37.7 Å². The smallest absolute Gasteiger partial charge is 0.254 e. The molecular formula is C31H46N6O4S4. The fourth-order valence-corrected chi connectivity index (χ4v) is 8.50. The van der Waals surface area contributed by atoms with Gasteiger partial charge in [-0.05, 0) is 97.1 Å². The molecule has 2 aliphatic heterocycles. The van der Waals surface area contributed by atoms with Crippen molar-refractivity contribution in [3.05, 3.63) is 44.0 Å². The van der Waals surface area contributed by atoms with Crippen molar-refractivity contribution in [1.29, 1.82) is 0 Å². The van der Waals surface area contributed by atoms with E-state index in [0.29, 0.717) is 49.2 Å². The molecule has 0 amide bonds. The summed E-state index contributed by atoms with van der Waals surface area (Å²) < 4.78 is 3.06. The largest absolute Gasteiger partial charge is 0.494 e. The van der Waals surface area contributed by atoms with E-state index >= 15 is 0 Å². The molecule has 0 aromatic carbocycles. The van der Waals surface area contributed by atoms with Gasteiger partial charge in [0.15, 0.2) is 22.0 Å². The van der Waals surface area contributed by atoms with Crippen molar-refractivity contribution in [3.8, 4) is 11.8 Å². The van der Waals surface area contributed by atoms with Crippen LogP contribution >= 0.6 is 48.0 Å². The van der Waals surface area contributed by atoms with E-state index in [2.05, 4.69) is 21.3 Å². The summed E-state index contributed by atoms with van der Waals surface area (Å²) in [6.07, 6.45) is 5.39. The second-order valence-corrected chi connectivity index (χ2v) is 15.8. The first-order chi connectivity index (χ1) is 21.3. The highest BCUT2D eigenvalue weighted by molar-refractivity contribution is 7.99. The van der Waals surface area contributed by atoms with Crippen LogP contribution in [0, 0.1) is 0 Å². The number of fused-ring (bicyclic) bond motifs is 2. The minimum absolute atomic E-state index is 0.105. The van der Waals surface area contributed by atoms with Crippen molar-refractivity contribution >= 4 is 58.2 Å². The standard InChI is InChI=1S/C31H46N6O4S4/c1-30(2,36-24(38)18-22-20(26(36)40)8-16-44-22)10-5-12-32-28(42)34-14-7-15-35-29(43)33-13-6-11-31(3,4)37-25(39)19-23-21(27(37)41)9-17-45-23/h18-19,40-41H,5-17H2,1-4H3,(H2,32,34,42)(H2,33,35,43). The van der Waals surface area contributed by atoms with E-state index in [1.807, 2.05) is 27.7 Å². The predicted molar refractivity (Wildman–Crippen MR) is 193 cm³/mol. The van der Waals surface area contributed by atoms with Gasteiger partial charge in [-0.25, -0.2) is 0 Å². The lowest BCUT2D eigenvalue weighted by molar-refractivity contribution is 0.263. The van der Waals surface area contributed by atoms with Crippen LogP contribution in [0.15, 0.2) is 31.5 Å². The first-order valence-corrected chi connectivity index (χ1v) is 18.4. The number of aromatic hydroxyl groups is 2. The van der Waals surface area contributed by atoms with Crippen LogP contribution in [-0.2, 0) is 23.9 Å². The molecule has 4 heterocycles. The van der Waals surface area contributed by atoms with Crippen LogP contribution in [0.4, 0.5) is 0 Å². The number of pyridine rings is 2. The van der Waals surface area contributed by atoms with Gasteiger partial charge >= 0.3 is 0 Å². The lowest BCUT2D eigenvalue weighted by atomic mass is 9.97. The number of aromatic nitrogens is 2. The van der Waals surface area contributed by atoms with Crippen molar-refractivity contribution in [2.24, 2.45) is 0 Å². The third-order valence-electron chi connectivity index (χ3n) is 8.36. The lowest BCUT2D eigenvalue weighted by Gasteiger charge is -2.29. The van der Waals surface area contributed by atoms with Gasteiger partial charge < -0.3 is 31.5 Å². The molecule has 0 aliphatic carbocycles. The molecule has 45 heavy (non-hydrogen) atoms. The first-order valence-electron chi connectivity index (χ1n) is 15.6. The number of hydrogen-bond donors (Lipinski definition) is 6. The van der Waals surface area contributed by atoms with Crippen LogP contribution in [0.1, 0.15) is 70.9 Å². The first kappa shape index (κ1) is 35.4. The number of hydrogen-bond acceptors (Lipinski definition) is 8. The molecule has 4 rings (SSSR count). The molecule has 248 valence electrons. The SMILES string of the molecule is CC(C)(CCCNC(=S)NCCCNC(=S)NCCCC(C)(C)n1c(O)c2c(cc1=O)SCC2)n1c(O)c2c(cc1=O)SCC2. The van der Waals surface area contributed by atoms with Gasteiger partial charge in [-0.1, -0.05) is 0 Å². The topological polar surface area (TPSA) is 133 Å². The third kappa shape index (κ3) is 8.89. The Kier molecular flexibility index (Phi) is 12.2. The second kappa shape index (κ2) is 15.4. The van der Waals surface area contributed by atoms with Gasteiger partial charge in [-0.3, -0.25) is 18.7 Å². The van der Waals surface area contributed by atoms with E-state index < -0.39 is 11.1 Å². The number of thiocarbonyl (C=S) groups is 2. The van der Waals surface area contributed by atoms with Gasteiger partial charge in [-0.2, -0.15) is 0 Å². The van der Waals surface area contributed by atoms with Gasteiger partial charge in [0.05, 0.1) is 0 Å². The quantitative estimate of drug-likeness (QED) is 0.127. The highest BCUT2D eigenvalue weighted by Crippen LogP contribution is 2.39. The van der Waals surface area contributed by atoms with Gasteiger partial charge in [0, 0.05) is 81.8 Å². The molecule has 0 fully saturated rings. The molecule has 6 N–H and O–H groups in total.